The first-order chi connectivity index (χ1) is 6.86. The van der Waals surface area contributed by atoms with Crippen LogP contribution in [-0.2, 0) is 0 Å². The summed E-state index contributed by atoms with van der Waals surface area (Å²) in [5.74, 6) is -5.84. The van der Waals surface area contributed by atoms with Crippen molar-refractivity contribution in [1.29, 1.82) is 0 Å². The quantitative estimate of drug-likeness (QED) is 0.788. The summed E-state index contributed by atoms with van der Waals surface area (Å²) in [6.45, 7) is 1.04. The van der Waals surface area contributed by atoms with Crippen LogP contribution in [0.2, 0.25) is 0 Å². The molecule has 0 fully saturated rings. The Labute approximate surface area is 82.8 Å². The number of aromatic carboxylic acids is 2. The minimum atomic E-state index is -1.63. The van der Waals surface area contributed by atoms with Gasteiger partial charge in [-0.15, -0.1) is 0 Å². The molecule has 0 aromatic heterocycles. The molecule has 0 unspecified atom stereocenters. The number of carboxylic acids is 2. The minimum Gasteiger partial charge on any atom is -0.478 e. The summed E-state index contributed by atoms with van der Waals surface area (Å²) in [6, 6.07) is 0.250. The van der Waals surface area contributed by atoms with E-state index in [1.54, 1.807) is 0 Å². The number of carbonyl (C=O) groups is 2. The van der Waals surface area contributed by atoms with Crippen LogP contribution in [0.1, 0.15) is 26.3 Å². The predicted octanol–water partition coefficient (Wildman–Crippen LogP) is 1.67. The van der Waals surface area contributed by atoms with Gasteiger partial charge < -0.3 is 10.2 Å². The van der Waals surface area contributed by atoms with Crippen molar-refractivity contribution in [3.8, 4) is 0 Å². The maximum absolute atomic E-state index is 13.0. The molecule has 1 rings (SSSR count). The van der Waals surface area contributed by atoms with E-state index in [0.717, 1.165) is 6.92 Å². The third kappa shape index (κ3) is 1.78. The summed E-state index contributed by atoms with van der Waals surface area (Å²) in [7, 11) is 0. The second-order valence-corrected chi connectivity index (χ2v) is 2.83. The van der Waals surface area contributed by atoms with Crippen LogP contribution in [-0.4, -0.2) is 22.2 Å². The fourth-order valence-corrected chi connectivity index (χ4v) is 1.26. The molecule has 0 atom stereocenters. The Morgan fingerprint density at radius 1 is 1.07 bits per heavy atom. The first-order valence-electron chi connectivity index (χ1n) is 3.81. The van der Waals surface area contributed by atoms with Crippen LogP contribution in [0.4, 0.5) is 8.78 Å². The largest absolute Gasteiger partial charge is 0.478 e. The number of carboxylic acid groups (broad SMARTS) is 2. The standard InChI is InChI=1S/C9H6F2O4/c1-3-6(8(12)13)4(10)2-5(11)7(3)9(14)15/h2H,1H3,(H,12,13)(H,14,15). The van der Waals surface area contributed by atoms with Crippen molar-refractivity contribution >= 4 is 11.9 Å². The van der Waals surface area contributed by atoms with E-state index in [1.165, 1.54) is 0 Å². The van der Waals surface area contributed by atoms with E-state index < -0.39 is 40.3 Å². The first-order valence-corrected chi connectivity index (χ1v) is 3.81. The lowest BCUT2D eigenvalue weighted by atomic mass is 10.0. The molecular formula is C9H6F2O4. The average molecular weight is 216 g/mol. The maximum Gasteiger partial charge on any atom is 0.338 e. The zero-order valence-corrected chi connectivity index (χ0v) is 7.54. The van der Waals surface area contributed by atoms with E-state index in [-0.39, 0.29) is 6.07 Å². The Balaban J connectivity index is 3.64. The normalized spacial score (nSPS) is 10.1. The SMILES string of the molecule is Cc1c(C(=O)O)c(F)cc(F)c1C(=O)O. The second kappa shape index (κ2) is 3.64. The Hall–Kier alpha value is -1.98. The molecular weight excluding hydrogens is 210 g/mol. The number of benzene rings is 1. The summed E-state index contributed by atoms with van der Waals surface area (Å²) >= 11 is 0. The molecule has 2 N–H and O–H groups in total. The smallest absolute Gasteiger partial charge is 0.338 e. The summed E-state index contributed by atoms with van der Waals surface area (Å²) in [6.07, 6.45) is 0. The molecule has 80 valence electrons. The predicted molar refractivity (Wildman–Crippen MR) is 45.0 cm³/mol. The van der Waals surface area contributed by atoms with Crippen LogP contribution in [0.3, 0.4) is 0 Å². The van der Waals surface area contributed by atoms with E-state index in [4.69, 9.17) is 10.2 Å². The van der Waals surface area contributed by atoms with Crippen LogP contribution in [0.25, 0.3) is 0 Å². The van der Waals surface area contributed by atoms with Gasteiger partial charge >= 0.3 is 11.9 Å². The van der Waals surface area contributed by atoms with Gasteiger partial charge in [0.25, 0.3) is 0 Å². The fraction of sp³-hybridized carbons (Fsp3) is 0.111. The van der Waals surface area contributed by atoms with Crippen molar-refractivity contribution in [3.63, 3.8) is 0 Å². The van der Waals surface area contributed by atoms with Crippen molar-refractivity contribution < 1.29 is 28.6 Å². The first kappa shape index (κ1) is 11.1. The van der Waals surface area contributed by atoms with Gasteiger partial charge in [-0.3, -0.25) is 0 Å². The van der Waals surface area contributed by atoms with Gasteiger partial charge in [-0.2, -0.15) is 0 Å². The number of hydrogen-bond donors (Lipinski definition) is 2. The maximum atomic E-state index is 13.0. The molecule has 0 heterocycles. The monoisotopic (exact) mass is 216 g/mol. The molecule has 15 heavy (non-hydrogen) atoms. The highest BCUT2D eigenvalue weighted by Gasteiger charge is 2.23. The lowest BCUT2D eigenvalue weighted by Crippen LogP contribution is -2.12. The van der Waals surface area contributed by atoms with Gasteiger partial charge in [0, 0.05) is 6.07 Å². The van der Waals surface area contributed by atoms with Gasteiger partial charge in [0.1, 0.15) is 11.6 Å². The van der Waals surface area contributed by atoms with Crippen LogP contribution >= 0.6 is 0 Å². The summed E-state index contributed by atoms with van der Waals surface area (Å²) < 4.78 is 26.0. The molecule has 1 aromatic rings. The highest BCUT2D eigenvalue weighted by Crippen LogP contribution is 2.21. The van der Waals surface area contributed by atoms with Crippen LogP contribution in [0.15, 0.2) is 6.07 Å². The molecule has 6 heteroatoms. The Morgan fingerprint density at radius 2 is 1.40 bits per heavy atom. The molecule has 0 aliphatic rings. The molecule has 4 nitrogen and oxygen atoms in total. The van der Waals surface area contributed by atoms with Crippen molar-refractivity contribution in [3.05, 3.63) is 34.4 Å². The topological polar surface area (TPSA) is 74.6 Å². The highest BCUT2D eigenvalue weighted by atomic mass is 19.1. The zero-order valence-electron chi connectivity index (χ0n) is 7.54. The van der Waals surface area contributed by atoms with E-state index in [9.17, 15) is 18.4 Å². The average Bonchev–Trinajstić information content (AvgIpc) is 1.99. The van der Waals surface area contributed by atoms with Gasteiger partial charge in [0.2, 0.25) is 0 Å². The van der Waals surface area contributed by atoms with Gasteiger partial charge in [-0.1, -0.05) is 0 Å². The number of hydrogen-bond acceptors (Lipinski definition) is 2. The summed E-state index contributed by atoms with van der Waals surface area (Å²) in [5, 5.41) is 17.2. The van der Waals surface area contributed by atoms with E-state index in [1.807, 2.05) is 0 Å². The molecule has 0 aliphatic carbocycles. The van der Waals surface area contributed by atoms with E-state index >= 15 is 0 Å². The van der Waals surface area contributed by atoms with Gasteiger partial charge in [0.05, 0.1) is 11.1 Å². The van der Waals surface area contributed by atoms with Gasteiger partial charge in [-0.05, 0) is 12.5 Å². The molecule has 0 bridgehead atoms. The zero-order chi connectivity index (χ0) is 11.7. The van der Waals surface area contributed by atoms with E-state index in [0.29, 0.717) is 0 Å². The summed E-state index contributed by atoms with van der Waals surface area (Å²) in [4.78, 5) is 21.1. The van der Waals surface area contributed by atoms with Crippen molar-refractivity contribution in [2.24, 2.45) is 0 Å². The van der Waals surface area contributed by atoms with Crippen LogP contribution in [0.5, 0.6) is 0 Å². The fourth-order valence-electron chi connectivity index (χ4n) is 1.26. The molecule has 0 spiro atoms. The molecule has 1 aromatic carbocycles. The third-order valence-electron chi connectivity index (χ3n) is 1.91. The third-order valence-corrected chi connectivity index (χ3v) is 1.91. The Morgan fingerprint density at radius 3 is 1.67 bits per heavy atom. The van der Waals surface area contributed by atoms with Crippen LogP contribution < -0.4 is 0 Å². The van der Waals surface area contributed by atoms with Crippen molar-refractivity contribution in [1.82, 2.24) is 0 Å². The number of halogens is 2. The van der Waals surface area contributed by atoms with Crippen LogP contribution in [0, 0.1) is 18.6 Å². The molecule has 0 radical (unpaired) electrons. The minimum absolute atomic E-state index is 0.250. The van der Waals surface area contributed by atoms with Crippen molar-refractivity contribution in [2.45, 2.75) is 6.92 Å². The molecule has 0 saturated heterocycles. The Kier molecular flexibility index (Phi) is 2.69. The second-order valence-electron chi connectivity index (χ2n) is 2.83. The molecule has 0 aliphatic heterocycles. The van der Waals surface area contributed by atoms with Gasteiger partial charge in [0.15, 0.2) is 0 Å². The van der Waals surface area contributed by atoms with Gasteiger partial charge in [-0.25, -0.2) is 18.4 Å². The van der Waals surface area contributed by atoms with E-state index in [2.05, 4.69) is 0 Å². The van der Waals surface area contributed by atoms with Crippen molar-refractivity contribution in [2.75, 3.05) is 0 Å². The number of rotatable bonds is 2. The lowest BCUT2D eigenvalue weighted by molar-refractivity contribution is 0.0690. The Bertz CT molecular complexity index is 416. The highest BCUT2D eigenvalue weighted by molar-refractivity contribution is 5.96. The summed E-state index contributed by atoms with van der Waals surface area (Å²) in [5.41, 5.74) is -2.09. The lowest BCUT2D eigenvalue weighted by Gasteiger charge is -2.07. The molecule has 0 saturated carbocycles. The molecule has 0 amide bonds.